The maximum Gasteiger partial charge on any atom is 0.211 e. The molecule has 0 aromatic carbocycles. The smallest absolute Gasteiger partial charge is 0.211 e. The van der Waals surface area contributed by atoms with Gasteiger partial charge in [0.05, 0.1) is 11.9 Å². The van der Waals surface area contributed by atoms with E-state index in [9.17, 15) is 8.42 Å². The van der Waals surface area contributed by atoms with Crippen molar-refractivity contribution < 1.29 is 12.9 Å². The first-order valence-corrected chi connectivity index (χ1v) is 8.82. The second kappa shape index (κ2) is 4.82. The van der Waals surface area contributed by atoms with Gasteiger partial charge in [0.15, 0.2) is 0 Å². The van der Waals surface area contributed by atoms with Crippen LogP contribution in [0.25, 0.3) is 0 Å². The lowest BCUT2D eigenvalue weighted by Crippen LogP contribution is -2.65. The van der Waals surface area contributed by atoms with Crippen molar-refractivity contribution in [3.8, 4) is 0 Å². The SMILES string of the molecule is Cc1noc(C)c1CN1CC[C@@H]2CN(S(C)(=O)=O)[C@@H]2C1. The minimum atomic E-state index is -3.06. The molecule has 6 nitrogen and oxygen atoms in total. The Balaban J connectivity index is 1.69. The highest BCUT2D eigenvalue weighted by atomic mass is 32.2. The molecule has 0 amide bonds. The van der Waals surface area contributed by atoms with Gasteiger partial charge in [0, 0.05) is 31.2 Å². The summed E-state index contributed by atoms with van der Waals surface area (Å²) in [6.07, 6.45) is 2.37. The quantitative estimate of drug-likeness (QED) is 0.824. The molecule has 0 aliphatic carbocycles. The maximum absolute atomic E-state index is 11.7. The minimum Gasteiger partial charge on any atom is -0.361 e. The number of aryl methyl sites for hydroxylation is 2. The van der Waals surface area contributed by atoms with Crippen molar-refractivity contribution in [3.05, 3.63) is 17.0 Å². The Kier molecular flexibility index (Phi) is 3.38. The molecule has 2 saturated heterocycles. The van der Waals surface area contributed by atoms with Crippen molar-refractivity contribution >= 4 is 10.0 Å². The zero-order valence-electron chi connectivity index (χ0n) is 12.2. The van der Waals surface area contributed by atoms with Crippen molar-refractivity contribution in [2.45, 2.75) is 32.9 Å². The third-order valence-corrected chi connectivity index (χ3v) is 5.85. The van der Waals surface area contributed by atoms with E-state index in [1.54, 1.807) is 4.31 Å². The summed E-state index contributed by atoms with van der Waals surface area (Å²) in [7, 11) is -3.06. The first-order chi connectivity index (χ1) is 9.36. The van der Waals surface area contributed by atoms with Gasteiger partial charge in [0.1, 0.15) is 5.76 Å². The van der Waals surface area contributed by atoms with E-state index < -0.39 is 10.0 Å². The third-order valence-electron chi connectivity index (χ3n) is 4.58. The van der Waals surface area contributed by atoms with Crippen LogP contribution in [0.1, 0.15) is 23.4 Å². The molecule has 3 heterocycles. The lowest BCUT2D eigenvalue weighted by atomic mass is 9.84. The van der Waals surface area contributed by atoms with Gasteiger partial charge in [0.2, 0.25) is 10.0 Å². The number of sulfonamides is 1. The number of rotatable bonds is 3. The molecule has 0 bridgehead atoms. The van der Waals surface area contributed by atoms with Gasteiger partial charge in [-0.25, -0.2) is 8.42 Å². The van der Waals surface area contributed by atoms with Crippen molar-refractivity contribution in [2.75, 3.05) is 25.9 Å². The standard InChI is InChI=1S/C13H21N3O3S/c1-9-12(10(2)19-14-9)7-15-5-4-11-6-16(13(11)8-15)20(3,17)18/h11,13H,4-8H2,1-3H3/t11-,13-/m1/s1. The molecule has 20 heavy (non-hydrogen) atoms. The molecule has 2 fully saturated rings. The van der Waals surface area contributed by atoms with E-state index in [4.69, 9.17) is 4.52 Å². The third kappa shape index (κ3) is 2.38. The molecular weight excluding hydrogens is 278 g/mol. The highest BCUT2D eigenvalue weighted by Crippen LogP contribution is 2.35. The molecule has 1 aromatic rings. The summed E-state index contributed by atoms with van der Waals surface area (Å²) in [5, 5.41) is 3.98. The average Bonchev–Trinajstić information content (AvgIpc) is 2.62. The van der Waals surface area contributed by atoms with Gasteiger partial charge >= 0.3 is 0 Å². The van der Waals surface area contributed by atoms with E-state index >= 15 is 0 Å². The van der Waals surface area contributed by atoms with Crippen molar-refractivity contribution in [2.24, 2.45) is 5.92 Å². The number of aromatic nitrogens is 1. The lowest BCUT2D eigenvalue weighted by molar-refractivity contribution is 0.0108. The average molecular weight is 299 g/mol. The fourth-order valence-corrected chi connectivity index (χ4v) is 4.48. The number of nitrogens with zero attached hydrogens (tertiary/aromatic N) is 3. The second-order valence-corrected chi connectivity index (χ2v) is 7.92. The Morgan fingerprint density at radius 3 is 2.70 bits per heavy atom. The van der Waals surface area contributed by atoms with E-state index in [1.165, 1.54) is 6.26 Å². The number of hydrogen-bond donors (Lipinski definition) is 0. The highest BCUT2D eigenvalue weighted by Gasteiger charge is 2.46. The fraction of sp³-hybridized carbons (Fsp3) is 0.769. The summed E-state index contributed by atoms with van der Waals surface area (Å²) < 4.78 is 30.2. The molecular formula is C13H21N3O3S. The van der Waals surface area contributed by atoms with Crippen LogP contribution >= 0.6 is 0 Å². The van der Waals surface area contributed by atoms with E-state index in [-0.39, 0.29) is 6.04 Å². The summed E-state index contributed by atoms with van der Waals surface area (Å²) in [5.41, 5.74) is 2.06. The van der Waals surface area contributed by atoms with E-state index in [0.29, 0.717) is 12.5 Å². The Morgan fingerprint density at radius 2 is 2.10 bits per heavy atom. The molecule has 0 radical (unpaired) electrons. The Morgan fingerprint density at radius 1 is 1.35 bits per heavy atom. The molecule has 0 unspecified atom stereocenters. The zero-order valence-corrected chi connectivity index (χ0v) is 13.0. The highest BCUT2D eigenvalue weighted by molar-refractivity contribution is 7.88. The van der Waals surface area contributed by atoms with E-state index in [1.807, 2.05) is 13.8 Å². The van der Waals surface area contributed by atoms with Gasteiger partial charge in [-0.15, -0.1) is 0 Å². The Labute approximate surface area is 119 Å². The number of likely N-dealkylation sites (tertiary alicyclic amines) is 1. The summed E-state index contributed by atoms with van der Waals surface area (Å²) in [5.74, 6) is 1.39. The molecule has 0 saturated carbocycles. The van der Waals surface area contributed by atoms with Crippen LogP contribution < -0.4 is 0 Å². The van der Waals surface area contributed by atoms with Crippen LogP contribution in [-0.4, -0.2) is 54.7 Å². The van der Waals surface area contributed by atoms with Crippen molar-refractivity contribution in [1.29, 1.82) is 0 Å². The summed E-state index contributed by atoms with van der Waals surface area (Å²) in [4.78, 5) is 2.31. The van der Waals surface area contributed by atoms with Crippen LogP contribution in [-0.2, 0) is 16.6 Å². The van der Waals surface area contributed by atoms with Gasteiger partial charge in [0.25, 0.3) is 0 Å². The number of piperidine rings is 1. The first kappa shape index (κ1) is 14.0. The summed E-state index contributed by atoms with van der Waals surface area (Å²) in [6, 6.07) is 0.152. The van der Waals surface area contributed by atoms with Gasteiger partial charge in [-0.05, 0) is 32.7 Å². The minimum absolute atomic E-state index is 0.152. The predicted octanol–water partition coefficient (Wildman–Crippen LogP) is 0.757. The maximum atomic E-state index is 11.7. The molecule has 2 atom stereocenters. The predicted molar refractivity (Wildman–Crippen MR) is 74.7 cm³/mol. The molecule has 2 aliphatic rings. The molecule has 0 spiro atoms. The van der Waals surface area contributed by atoms with Crippen LogP contribution in [0.4, 0.5) is 0 Å². The van der Waals surface area contributed by atoms with Crippen LogP contribution in [0.5, 0.6) is 0 Å². The first-order valence-electron chi connectivity index (χ1n) is 6.97. The van der Waals surface area contributed by atoms with Crippen LogP contribution in [0.3, 0.4) is 0 Å². The topological polar surface area (TPSA) is 66.7 Å². The normalized spacial score (nSPS) is 28.1. The van der Waals surface area contributed by atoms with Gasteiger partial charge in [-0.3, -0.25) is 4.90 Å². The van der Waals surface area contributed by atoms with Crippen molar-refractivity contribution in [1.82, 2.24) is 14.4 Å². The number of fused-ring (bicyclic) bond motifs is 1. The van der Waals surface area contributed by atoms with Crippen LogP contribution in [0.15, 0.2) is 4.52 Å². The van der Waals surface area contributed by atoms with E-state index in [0.717, 1.165) is 43.1 Å². The monoisotopic (exact) mass is 299 g/mol. The van der Waals surface area contributed by atoms with Gasteiger partial charge in [-0.2, -0.15) is 4.31 Å². The second-order valence-electron chi connectivity index (χ2n) is 5.99. The summed E-state index contributed by atoms with van der Waals surface area (Å²) >= 11 is 0. The van der Waals surface area contributed by atoms with Gasteiger partial charge in [-0.1, -0.05) is 5.16 Å². The molecule has 112 valence electrons. The van der Waals surface area contributed by atoms with E-state index in [2.05, 4.69) is 10.1 Å². The molecule has 3 rings (SSSR count). The van der Waals surface area contributed by atoms with Crippen LogP contribution in [0.2, 0.25) is 0 Å². The molecule has 2 aliphatic heterocycles. The van der Waals surface area contributed by atoms with Crippen molar-refractivity contribution in [3.63, 3.8) is 0 Å². The Bertz CT molecular complexity index is 591. The largest absolute Gasteiger partial charge is 0.361 e. The molecule has 7 heteroatoms. The summed E-state index contributed by atoms with van der Waals surface area (Å²) in [6.45, 7) is 7.19. The van der Waals surface area contributed by atoms with Gasteiger partial charge < -0.3 is 4.52 Å². The van der Waals surface area contributed by atoms with Crippen LogP contribution in [0, 0.1) is 19.8 Å². The Hall–Kier alpha value is -0.920. The fourth-order valence-electron chi connectivity index (χ4n) is 3.29. The molecule has 0 N–H and O–H groups in total. The zero-order chi connectivity index (χ0) is 14.5. The molecule has 1 aromatic heterocycles. The lowest BCUT2D eigenvalue weighted by Gasteiger charge is -2.52. The number of hydrogen-bond acceptors (Lipinski definition) is 5.